The second kappa shape index (κ2) is 13.2. The molecule has 0 spiro atoms. The van der Waals surface area contributed by atoms with E-state index >= 15 is 0 Å². The molecule has 2 aromatic rings. The van der Waals surface area contributed by atoms with Crippen molar-refractivity contribution in [2.45, 2.75) is 52.6 Å². The lowest BCUT2D eigenvalue weighted by molar-refractivity contribution is -0.151. The molecule has 3 N–H and O–H groups in total. The van der Waals surface area contributed by atoms with Crippen molar-refractivity contribution in [1.29, 1.82) is 5.41 Å². The zero-order valence-electron chi connectivity index (χ0n) is 22.0. The van der Waals surface area contributed by atoms with E-state index in [1.54, 1.807) is 19.3 Å². The van der Waals surface area contributed by atoms with E-state index in [1.807, 2.05) is 44.4 Å². The molecule has 0 radical (unpaired) electrons. The molecule has 2 atom stereocenters. The highest BCUT2D eigenvalue weighted by atomic mass is 32.2. The number of methoxy groups -OCH3 is 1. The zero-order chi connectivity index (χ0) is 26.9. The summed E-state index contributed by atoms with van der Waals surface area (Å²) in [5.41, 5.74) is 2.47. The molecule has 1 aliphatic rings. The summed E-state index contributed by atoms with van der Waals surface area (Å²) in [4.78, 5) is 34.6. The predicted molar refractivity (Wildman–Crippen MR) is 148 cm³/mol. The third-order valence-corrected chi connectivity index (χ3v) is 6.90. The van der Waals surface area contributed by atoms with Crippen LogP contribution < -0.4 is 15.4 Å². The Balaban J connectivity index is 1.80. The lowest BCUT2D eigenvalue weighted by Gasteiger charge is -2.28. The van der Waals surface area contributed by atoms with Crippen LogP contribution in [-0.2, 0) is 14.3 Å². The van der Waals surface area contributed by atoms with Crippen molar-refractivity contribution in [3.63, 3.8) is 0 Å². The molecule has 9 nitrogen and oxygen atoms in total. The molecule has 0 saturated heterocycles. The molecule has 1 aromatic carbocycles. The molecule has 2 unspecified atom stereocenters. The van der Waals surface area contributed by atoms with Gasteiger partial charge in [-0.3, -0.25) is 14.6 Å². The number of carbonyl (C=O) groups is 2. The maximum absolute atomic E-state index is 13.0. The summed E-state index contributed by atoms with van der Waals surface area (Å²) in [6, 6.07) is 7.45. The molecule has 1 aromatic heterocycles. The largest absolute Gasteiger partial charge is 0.474 e. The minimum Gasteiger partial charge on any atom is -0.474 e. The number of nitrogens with one attached hydrogen (secondary N) is 3. The minimum atomic E-state index is -0.402. The van der Waals surface area contributed by atoms with E-state index in [4.69, 9.17) is 14.9 Å². The molecule has 10 heteroatoms. The summed E-state index contributed by atoms with van der Waals surface area (Å²) < 4.78 is 10.6. The highest BCUT2D eigenvalue weighted by Gasteiger charge is 2.36. The molecule has 1 heterocycles. The standard InChI is InChI=1S/C27H35N5O4S/c1-16(2)36-23-15-29-14-22(31-23)32-24(17(3)28)25(37-5)18-10-12-19(13-11-18)30-26(33)20-8-6-7-9-21(20)27(34)35-4/h10-16,20-21,28H,6-9H2,1-5H3,(H,30,33)(H,31,32)/b25-24+,28-17?. The molecule has 3 rings (SSSR count). The molecular weight excluding hydrogens is 490 g/mol. The smallest absolute Gasteiger partial charge is 0.309 e. The van der Waals surface area contributed by atoms with Crippen LogP contribution >= 0.6 is 11.8 Å². The second-order valence-electron chi connectivity index (χ2n) is 9.15. The highest BCUT2D eigenvalue weighted by molar-refractivity contribution is 8.07. The fourth-order valence-corrected chi connectivity index (χ4v) is 5.12. The van der Waals surface area contributed by atoms with Crippen molar-refractivity contribution in [3.05, 3.63) is 47.9 Å². The molecule has 1 amide bonds. The Morgan fingerprint density at radius 2 is 1.76 bits per heavy atom. The summed E-state index contributed by atoms with van der Waals surface area (Å²) in [6.45, 7) is 5.54. The quantitative estimate of drug-likeness (QED) is 0.279. The first-order valence-electron chi connectivity index (χ1n) is 12.3. The Kier molecular flexibility index (Phi) is 10.1. The van der Waals surface area contributed by atoms with Crippen molar-refractivity contribution in [3.8, 4) is 5.88 Å². The summed E-state index contributed by atoms with van der Waals surface area (Å²) in [5, 5.41) is 14.5. The monoisotopic (exact) mass is 525 g/mol. The number of nitrogens with zero attached hydrogens (tertiary/aromatic N) is 2. The van der Waals surface area contributed by atoms with Crippen LogP contribution in [0.3, 0.4) is 0 Å². The second-order valence-corrected chi connectivity index (χ2v) is 9.97. The van der Waals surface area contributed by atoms with Crippen molar-refractivity contribution in [1.82, 2.24) is 9.97 Å². The molecular formula is C27H35N5O4S. The third kappa shape index (κ3) is 7.55. The number of hydrogen-bond acceptors (Lipinski definition) is 9. The van der Waals surface area contributed by atoms with Crippen LogP contribution in [0.1, 0.15) is 52.0 Å². The fraction of sp³-hybridized carbons (Fsp3) is 0.444. The van der Waals surface area contributed by atoms with Crippen molar-refractivity contribution < 1.29 is 19.1 Å². The number of allylic oxidation sites excluding steroid dienone is 1. The van der Waals surface area contributed by atoms with Crippen molar-refractivity contribution in [2.24, 2.45) is 11.8 Å². The van der Waals surface area contributed by atoms with Crippen LogP contribution in [0, 0.1) is 17.2 Å². The fourth-order valence-electron chi connectivity index (χ4n) is 4.34. The number of benzene rings is 1. The van der Waals surface area contributed by atoms with Gasteiger partial charge in [0.25, 0.3) is 0 Å². The first-order valence-corrected chi connectivity index (χ1v) is 13.5. The number of anilines is 2. The Bertz CT molecular complexity index is 1150. The van der Waals surface area contributed by atoms with Gasteiger partial charge in [-0.2, -0.15) is 4.98 Å². The zero-order valence-corrected chi connectivity index (χ0v) is 22.8. The normalized spacial score (nSPS) is 18.0. The Labute approximate surface area is 222 Å². The summed E-state index contributed by atoms with van der Waals surface area (Å²) in [7, 11) is 1.36. The van der Waals surface area contributed by atoms with Gasteiger partial charge < -0.3 is 25.5 Å². The van der Waals surface area contributed by atoms with Crippen LogP contribution in [0.25, 0.3) is 4.91 Å². The molecule has 1 aliphatic carbocycles. The van der Waals surface area contributed by atoms with Gasteiger partial charge in [-0.05, 0) is 57.6 Å². The van der Waals surface area contributed by atoms with Crippen LogP contribution in [0.5, 0.6) is 5.88 Å². The summed E-state index contributed by atoms with van der Waals surface area (Å²) in [6.07, 6.45) is 8.22. The van der Waals surface area contributed by atoms with E-state index in [0.29, 0.717) is 41.6 Å². The average Bonchev–Trinajstić information content (AvgIpc) is 2.88. The van der Waals surface area contributed by atoms with Gasteiger partial charge in [0.1, 0.15) is 0 Å². The van der Waals surface area contributed by atoms with Gasteiger partial charge in [-0.1, -0.05) is 25.0 Å². The lowest BCUT2D eigenvalue weighted by atomic mass is 9.78. The number of esters is 1. The van der Waals surface area contributed by atoms with Crippen LogP contribution in [0.2, 0.25) is 0 Å². The molecule has 37 heavy (non-hydrogen) atoms. The van der Waals surface area contributed by atoms with Gasteiger partial charge in [0.2, 0.25) is 11.8 Å². The Morgan fingerprint density at radius 1 is 1.08 bits per heavy atom. The number of rotatable bonds is 10. The van der Waals surface area contributed by atoms with Crippen LogP contribution in [-0.4, -0.2) is 47.0 Å². The molecule has 0 bridgehead atoms. The number of hydrogen-bond donors (Lipinski definition) is 3. The topological polar surface area (TPSA) is 126 Å². The van der Waals surface area contributed by atoms with Gasteiger partial charge in [0, 0.05) is 10.6 Å². The van der Waals surface area contributed by atoms with Gasteiger partial charge in [0.05, 0.1) is 48.9 Å². The summed E-state index contributed by atoms with van der Waals surface area (Å²) in [5.74, 6) is -0.402. The molecule has 0 aliphatic heterocycles. The number of carbonyl (C=O) groups excluding carboxylic acids is 2. The number of amides is 1. The van der Waals surface area contributed by atoms with Gasteiger partial charge in [0.15, 0.2) is 5.82 Å². The van der Waals surface area contributed by atoms with Crippen LogP contribution in [0.15, 0.2) is 42.4 Å². The van der Waals surface area contributed by atoms with E-state index in [1.165, 1.54) is 18.9 Å². The molecule has 198 valence electrons. The van der Waals surface area contributed by atoms with Crippen molar-refractivity contribution >= 4 is 45.8 Å². The van der Waals surface area contributed by atoms with E-state index in [-0.39, 0.29) is 18.0 Å². The van der Waals surface area contributed by atoms with E-state index in [2.05, 4.69) is 20.6 Å². The van der Waals surface area contributed by atoms with E-state index in [9.17, 15) is 9.59 Å². The first kappa shape index (κ1) is 28.2. The number of thioether (sulfide) groups is 1. The van der Waals surface area contributed by atoms with Gasteiger partial charge in [-0.25, -0.2) is 0 Å². The van der Waals surface area contributed by atoms with Gasteiger partial charge in [-0.15, -0.1) is 11.8 Å². The summed E-state index contributed by atoms with van der Waals surface area (Å²) >= 11 is 1.50. The SMILES string of the molecule is COC(=O)C1CCCCC1C(=O)Nc1ccc(/C(SC)=C(\Nc2cncc(OC(C)C)n2)C(C)=N)cc1. The predicted octanol–water partition coefficient (Wildman–Crippen LogP) is 5.37. The lowest BCUT2D eigenvalue weighted by Crippen LogP contribution is -2.36. The Morgan fingerprint density at radius 3 is 2.35 bits per heavy atom. The van der Waals surface area contributed by atoms with Crippen molar-refractivity contribution in [2.75, 3.05) is 24.0 Å². The number of ether oxygens (including phenoxy) is 2. The molecule has 1 saturated carbocycles. The van der Waals surface area contributed by atoms with E-state index < -0.39 is 11.8 Å². The average molecular weight is 526 g/mol. The highest BCUT2D eigenvalue weighted by Crippen LogP contribution is 2.33. The maximum atomic E-state index is 13.0. The maximum Gasteiger partial charge on any atom is 0.309 e. The molecule has 1 fully saturated rings. The minimum absolute atomic E-state index is 0.0331. The number of aromatic nitrogens is 2. The first-order chi connectivity index (χ1) is 17.7. The Hall–Kier alpha value is -3.40. The van der Waals surface area contributed by atoms with Gasteiger partial charge >= 0.3 is 5.97 Å². The van der Waals surface area contributed by atoms with E-state index in [0.717, 1.165) is 23.3 Å². The van der Waals surface area contributed by atoms with Crippen LogP contribution in [0.4, 0.5) is 11.5 Å². The third-order valence-electron chi connectivity index (χ3n) is 6.05.